The molecule has 0 saturated carbocycles. The van der Waals surface area contributed by atoms with Gasteiger partial charge in [-0.15, -0.1) is 11.8 Å². The summed E-state index contributed by atoms with van der Waals surface area (Å²) in [5.74, 6) is 0.789. The van der Waals surface area contributed by atoms with Crippen molar-refractivity contribution in [3.8, 4) is 0 Å². The van der Waals surface area contributed by atoms with E-state index in [0.29, 0.717) is 21.5 Å². The Balaban J connectivity index is 1.96. The maximum Gasteiger partial charge on any atom is 0.129 e. The van der Waals surface area contributed by atoms with Gasteiger partial charge in [0.05, 0.1) is 16.8 Å². The Labute approximate surface area is 110 Å². The summed E-state index contributed by atoms with van der Waals surface area (Å²) in [5.41, 5.74) is 0.860. The van der Waals surface area contributed by atoms with Crippen LogP contribution in [0.3, 0.4) is 0 Å². The maximum atomic E-state index is 6.05. The predicted octanol–water partition coefficient (Wildman–Crippen LogP) is 3.80. The molecule has 0 aromatic carbocycles. The van der Waals surface area contributed by atoms with Crippen LogP contribution in [0.15, 0.2) is 12.1 Å². The van der Waals surface area contributed by atoms with Gasteiger partial charge in [-0.2, -0.15) is 0 Å². The zero-order chi connectivity index (χ0) is 11.5. The molecule has 1 saturated heterocycles. The Morgan fingerprint density at radius 2 is 2.31 bits per heavy atom. The molecule has 1 aromatic heterocycles. The molecular formula is C11H13Cl2NOS. The molecule has 0 N–H and O–H groups in total. The van der Waals surface area contributed by atoms with Gasteiger partial charge in [-0.05, 0) is 25.5 Å². The molecular weight excluding hydrogens is 265 g/mol. The van der Waals surface area contributed by atoms with Crippen molar-refractivity contribution >= 4 is 35.0 Å². The first-order chi connectivity index (χ1) is 7.66. The van der Waals surface area contributed by atoms with Crippen LogP contribution in [0.5, 0.6) is 0 Å². The van der Waals surface area contributed by atoms with Gasteiger partial charge >= 0.3 is 0 Å². The van der Waals surface area contributed by atoms with Gasteiger partial charge in [-0.3, -0.25) is 0 Å². The van der Waals surface area contributed by atoms with Crippen LogP contribution in [0.1, 0.15) is 19.0 Å². The van der Waals surface area contributed by atoms with Gasteiger partial charge in [0, 0.05) is 17.6 Å². The Morgan fingerprint density at radius 3 is 3.00 bits per heavy atom. The summed E-state index contributed by atoms with van der Waals surface area (Å²) in [6.07, 6.45) is 1.42. The topological polar surface area (TPSA) is 22.1 Å². The highest BCUT2D eigenvalue weighted by atomic mass is 35.5. The van der Waals surface area contributed by atoms with E-state index in [2.05, 4.69) is 11.9 Å². The molecule has 2 heterocycles. The normalized spacial score (nSPS) is 24.9. The molecule has 0 radical (unpaired) electrons. The van der Waals surface area contributed by atoms with Crippen LogP contribution in [-0.4, -0.2) is 22.9 Å². The number of hydrogen-bond donors (Lipinski definition) is 0. The SMILES string of the molecule is CC1OCCC1SCc1nc(Cl)ccc1Cl. The molecule has 0 aliphatic carbocycles. The van der Waals surface area contributed by atoms with Crippen LogP contribution in [0.2, 0.25) is 10.2 Å². The zero-order valence-corrected chi connectivity index (χ0v) is 11.3. The Morgan fingerprint density at radius 1 is 1.50 bits per heavy atom. The van der Waals surface area contributed by atoms with Gasteiger partial charge < -0.3 is 4.74 Å². The third-order valence-electron chi connectivity index (χ3n) is 2.63. The number of pyridine rings is 1. The summed E-state index contributed by atoms with van der Waals surface area (Å²) in [6, 6.07) is 3.50. The van der Waals surface area contributed by atoms with Gasteiger partial charge in [0.2, 0.25) is 0 Å². The minimum atomic E-state index is 0.322. The van der Waals surface area contributed by atoms with Gasteiger partial charge in [-0.1, -0.05) is 23.2 Å². The number of rotatable bonds is 3. The van der Waals surface area contributed by atoms with Crippen molar-refractivity contribution in [1.29, 1.82) is 0 Å². The quantitative estimate of drug-likeness (QED) is 0.785. The Kier molecular flexibility index (Phi) is 4.36. The molecule has 1 fully saturated rings. The lowest BCUT2D eigenvalue weighted by Gasteiger charge is -2.13. The van der Waals surface area contributed by atoms with E-state index in [-0.39, 0.29) is 0 Å². The molecule has 0 spiro atoms. The van der Waals surface area contributed by atoms with Crippen molar-refractivity contribution in [2.75, 3.05) is 6.61 Å². The van der Waals surface area contributed by atoms with Crippen molar-refractivity contribution in [2.45, 2.75) is 30.5 Å². The van der Waals surface area contributed by atoms with Crippen LogP contribution in [0.4, 0.5) is 0 Å². The van der Waals surface area contributed by atoms with E-state index in [1.54, 1.807) is 12.1 Å². The van der Waals surface area contributed by atoms with Gasteiger partial charge in [-0.25, -0.2) is 4.98 Å². The average Bonchev–Trinajstić information content (AvgIpc) is 2.66. The van der Waals surface area contributed by atoms with E-state index >= 15 is 0 Å². The molecule has 5 heteroatoms. The van der Waals surface area contributed by atoms with Crippen LogP contribution >= 0.6 is 35.0 Å². The monoisotopic (exact) mass is 277 g/mol. The number of hydrogen-bond acceptors (Lipinski definition) is 3. The molecule has 88 valence electrons. The van der Waals surface area contributed by atoms with Crippen molar-refractivity contribution in [3.05, 3.63) is 28.0 Å². The predicted molar refractivity (Wildman–Crippen MR) is 69.4 cm³/mol. The van der Waals surface area contributed by atoms with Crippen molar-refractivity contribution in [3.63, 3.8) is 0 Å². The number of thioether (sulfide) groups is 1. The van der Waals surface area contributed by atoms with Crippen molar-refractivity contribution in [2.24, 2.45) is 0 Å². The number of ether oxygens (including phenoxy) is 1. The van der Waals surface area contributed by atoms with E-state index < -0.39 is 0 Å². The highest BCUT2D eigenvalue weighted by molar-refractivity contribution is 7.99. The van der Waals surface area contributed by atoms with Crippen LogP contribution in [0.25, 0.3) is 0 Å². The summed E-state index contributed by atoms with van der Waals surface area (Å²) in [7, 11) is 0. The van der Waals surface area contributed by atoms with E-state index in [4.69, 9.17) is 27.9 Å². The standard InChI is InChI=1S/C11H13Cl2NOS/c1-7-10(4-5-15-7)16-6-9-8(12)2-3-11(13)14-9/h2-3,7,10H,4-6H2,1H3. The highest BCUT2D eigenvalue weighted by Crippen LogP contribution is 2.30. The second-order valence-electron chi connectivity index (χ2n) is 3.78. The van der Waals surface area contributed by atoms with Gasteiger partial charge in [0.15, 0.2) is 0 Å². The van der Waals surface area contributed by atoms with Gasteiger partial charge in [0.25, 0.3) is 0 Å². The van der Waals surface area contributed by atoms with E-state index in [1.165, 1.54) is 0 Å². The van der Waals surface area contributed by atoms with Crippen LogP contribution in [-0.2, 0) is 10.5 Å². The molecule has 0 amide bonds. The fourth-order valence-corrected chi connectivity index (χ4v) is 3.30. The summed E-state index contributed by atoms with van der Waals surface area (Å²) < 4.78 is 5.51. The average molecular weight is 278 g/mol. The Hall–Kier alpha value is 0.0400. The molecule has 0 bridgehead atoms. The lowest BCUT2D eigenvalue weighted by Crippen LogP contribution is -2.13. The molecule has 2 rings (SSSR count). The summed E-state index contributed by atoms with van der Waals surface area (Å²) in [5, 5.41) is 1.72. The van der Waals surface area contributed by atoms with Crippen LogP contribution < -0.4 is 0 Å². The van der Waals surface area contributed by atoms with Gasteiger partial charge in [0.1, 0.15) is 5.15 Å². The summed E-state index contributed by atoms with van der Waals surface area (Å²) in [4.78, 5) is 4.23. The fourth-order valence-electron chi connectivity index (χ4n) is 1.68. The van der Waals surface area contributed by atoms with E-state index in [1.807, 2.05) is 11.8 Å². The number of aromatic nitrogens is 1. The first kappa shape index (κ1) is 12.5. The van der Waals surface area contributed by atoms with E-state index in [9.17, 15) is 0 Å². The first-order valence-corrected chi connectivity index (χ1v) is 7.01. The zero-order valence-electron chi connectivity index (χ0n) is 8.95. The van der Waals surface area contributed by atoms with Crippen molar-refractivity contribution < 1.29 is 4.74 Å². The number of nitrogens with zero attached hydrogens (tertiary/aromatic N) is 1. The lowest BCUT2D eigenvalue weighted by molar-refractivity contribution is 0.127. The van der Waals surface area contributed by atoms with Crippen LogP contribution in [0, 0.1) is 0 Å². The fraction of sp³-hybridized carbons (Fsp3) is 0.545. The van der Waals surface area contributed by atoms with Crippen molar-refractivity contribution in [1.82, 2.24) is 4.98 Å². The number of halogens is 2. The molecule has 16 heavy (non-hydrogen) atoms. The smallest absolute Gasteiger partial charge is 0.129 e. The minimum absolute atomic E-state index is 0.322. The second kappa shape index (κ2) is 5.58. The third kappa shape index (κ3) is 3.04. The molecule has 2 atom stereocenters. The molecule has 2 unspecified atom stereocenters. The second-order valence-corrected chi connectivity index (χ2v) is 5.80. The molecule has 1 aliphatic rings. The minimum Gasteiger partial charge on any atom is -0.377 e. The molecule has 1 aliphatic heterocycles. The maximum absolute atomic E-state index is 6.05. The molecule has 1 aromatic rings. The van der Waals surface area contributed by atoms with E-state index in [0.717, 1.165) is 24.5 Å². The highest BCUT2D eigenvalue weighted by Gasteiger charge is 2.24. The summed E-state index contributed by atoms with van der Waals surface area (Å²) in [6.45, 7) is 2.97. The largest absolute Gasteiger partial charge is 0.377 e. The molecule has 2 nitrogen and oxygen atoms in total. The Bertz CT molecular complexity index is 375. The first-order valence-electron chi connectivity index (χ1n) is 5.21. The summed E-state index contributed by atoms with van der Waals surface area (Å²) >= 11 is 13.7. The lowest BCUT2D eigenvalue weighted by atomic mass is 10.3. The third-order valence-corrected chi connectivity index (χ3v) is 4.67.